The molecule has 1 heterocycles. The quantitative estimate of drug-likeness (QED) is 0.895. The zero-order valence-corrected chi connectivity index (χ0v) is 12.5. The Kier molecular flexibility index (Phi) is 4.59. The first kappa shape index (κ1) is 14.3. The van der Waals surface area contributed by atoms with E-state index in [-0.39, 0.29) is 5.82 Å². The van der Waals surface area contributed by atoms with Crippen LogP contribution in [0, 0.1) is 11.7 Å². The number of piperidine rings is 1. The van der Waals surface area contributed by atoms with Crippen LogP contribution in [0.5, 0.6) is 0 Å². The Bertz CT molecular complexity index is 434. The normalized spacial score (nSPS) is 21.3. The van der Waals surface area contributed by atoms with Gasteiger partial charge in [-0.3, -0.25) is 4.90 Å². The van der Waals surface area contributed by atoms with Crippen molar-refractivity contribution in [2.45, 2.75) is 38.3 Å². The first-order valence-corrected chi connectivity index (χ1v) is 7.97. The number of rotatable bonds is 5. The number of nitrogens with zero attached hydrogens (tertiary/aromatic N) is 1. The molecule has 0 radical (unpaired) electrons. The van der Waals surface area contributed by atoms with Crippen LogP contribution in [0.25, 0.3) is 0 Å². The lowest BCUT2D eigenvalue weighted by Crippen LogP contribution is -2.42. The predicted octanol–water partition coefficient (Wildman–Crippen LogP) is 3.44. The van der Waals surface area contributed by atoms with Crippen molar-refractivity contribution in [2.24, 2.45) is 5.92 Å². The minimum absolute atomic E-state index is 0.242. The highest BCUT2D eigenvalue weighted by molar-refractivity contribution is 6.30. The molecule has 3 rings (SSSR count). The third-order valence-corrected chi connectivity index (χ3v) is 4.53. The fourth-order valence-corrected chi connectivity index (χ4v) is 3.16. The van der Waals surface area contributed by atoms with Crippen LogP contribution in [-0.4, -0.2) is 30.6 Å². The molecule has 0 bridgehead atoms. The van der Waals surface area contributed by atoms with Crippen LogP contribution in [0.4, 0.5) is 4.39 Å². The lowest BCUT2D eigenvalue weighted by Gasteiger charge is -2.32. The monoisotopic (exact) mass is 296 g/mol. The van der Waals surface area contributed by atoms with E-state index in [1.807, 2.05) is 6.07 Å². The minimum Gasteiger partial charge on any atom is -0.314 e. The number of halogens is 2. The zero-order chi connectivity index (χ0) is 13.9. The number of hydrogen-bond acceptors (Lipinski definition) is 2. The highest BCUT2D eigenvalue weighted by Gasteiger charge is 2.24. The van der Waals surface area contributed by atoms with Crippen molar-refractivity contribution >= 4 is 11.6 Å². The van der Waals surface area contributed by atoms with Crippen molar-refractivity contribution in [3.05, 3.63) is 34.6 Å². The summed E-state index contributed by atoms with van der Waals surface area (Å²) in [7, 11) is 0. The summed E-state index contributed by atoms with van der Waals surface area (Å²) >= 11 is 5.90. The highest BCUT2D eigenvalue weighted by Crippen LogP contribution is 2.28. The zero-order valence-electron chi connectivity index (χ0n) is 11.7. The van der Waals surface area contributed by atoms with Gasteiger partial charge in [-0.2, -0.15) is 0 Å². The molecule has 0 aromatic heterocycles. The van der Waals surface area contributed by atoms with Crippen LogP contribution < -0.4 is 5.32 Å². The van der Waals surface area contributed by atoms with Crippen LogP contribution >= 0.6 is 11.6 Å². The molecule has 1 saturated carbocycles. The van der Waals surface area contributed by atoms with Gasteiger partial charge in [-0.15, -0.1) is 0 Å². The molecular weight excluding hydrogens is 275 g/mol. The van der Waals surface area contributed by atoms with Gasteiger partial charge in [-0.25, -0.2) is 4.39 Å². The summed E-state index contributed by atoms with van der Waals surface area (Å²) in [5.74, 6) is 0.705. The second-order valence-electron chi connectivity index (χ2n) is 6.18. The van der Waals surface area contributed by atoms with Crippen molar-refractivity contribution in [1.82, 2.24) is 10.2 Å². The second-order valence-corrected chi connectivity index (χ2v) is 6.62. The van der Waals surface area contributed by atoms with Gasteiger partial charge in [0.1, 0.15) is 5.82 Å². The maximum atomic E-state index is 13.3. The molecule has 0 amide bonds. The van der Waals surface area contributed by atoms with Crippen LogP contribution in [-0.2, 0) is 6.54 Å². The maximum Gasteiger partial charge on any atom is 0.125 e. The molecule has 0 atom stereocenters. The summed E-state index contributed by atoms with van der Waals surface area (Å²) in [5.41, 5.74) is 0.972. The molecule has 0 spiro atoms. The van der Waals surface area contributed by atoms with Gasteiger partial charge < -0.3 is 5.32 Å². The van der Waals surface area contributed by atoms with E-state index in [0.717, 1.165) is 31.1 Å². The smallest absolute Gasteiger partial charge is 0.125 e. The topological polar surface area (TPSA) is 15.3 Å². The summed E-state index contributed by atoms with van der Waals surface area (Å²) in [4.78, 5) is 2.39. The van der Waals surface area contributed by atoms with Crippen molar-refractivity contribution in [3.8, 4) is 0 Å². The van der Waals surface area contributed by atoms with Gasteiger partial charge in [0.2, 0.25) is 0 Å². The van der Waals surface area contributed by atoms with Gasteiger partial charge in [0.25, 0.3) is 0 Å². The van der Waals surface area contributed by atoms with Crippen molar-refractivity contribution in [2.75, 3.05) is 19.6 Å². The van der Waals surface area contributed by atoms with Crippen molar-refractivity contribution in [1.29, 1.82) is 0 Å². The Labute approximate surface area is 125 Å². The first-order chi connectivity index (χ1) is 9.69. The fraction of sp³-hybridized carbons (Fsp3) is 0.625. The van der Waals surface area contributed by atoms with E-state index >= 15 is 0 Å². The van der Waals surface area contributed by atoms with Crippen LogP contribution in [0.2, 0.25) is 5.02 Å². The molecular formula is C16H22ClFN2. The molecule has 1 aliphatic heterocycles. The van der Waals surface area contributed by atoms with Gasteiger partial charge >= 0.3 is 0 Å². The largest absolute Gasteiger partial charge is 0.314 e. The van der Waals surface area contributed by atoms with E-state index in [0.29, 0.717) is 11.1 Å². The van der Waals surface area contributed by atoms with Crippen LogP contribution in [0.1, 0.15) is 31.2 Å². The number of benzene rings is 1. The molecule has 1 aliphatic carbocycles. The Morgan fingerprint density at radius 1 is 1.15 bits per heavy atom. The van der Waals surface area contributed by atoms with E-state index in [1.54, 1.807) is 6.07 Å². The number of hydrogen-bond donors (Lipinski definition) is 1. The minimum atomic E-state index is -0.242. The summed E-state index contributed by atoms with van der Waals surface area (Å²) in [5, 5.41) is 4.17. The highest BCUT2D eigenvalue weighted by atomic mass is 35.5. The maximum absolute atomic E-state index is 13.3. The second kappa shape index (κ2) is 6.42. The standard InChI is InChI=1S/C16H22ClFN2/c17-14-7-13(8-15(18)9-14)11-20-5-3-16(4-6-20)19-10-12-1-2-12/h7-9,12,16,19H,1-6,10-11H2. The molecule has 1 aromatic rings. The molecule has 20 heavy (non-hydrogen) atoms. The summed E-state index contributed by atoms with van der Waals surface area (Å²) in [6.07, 6.45) is 5.20. The predicted molar refractivity (Wildman–Crippen MR) is 80.4 cm³/mol. The molecule has 4 heteroatoms. The molecule has 110 valence electrons. The molecule has 1 saturated heterocycles. The molecule has 2 aliphatic rings. The van der Waals surface area contributed by atoms with E-state index < -0.39 is 0 Å². The Hall–Kier alpha value is -0.640. The summed E-state index contributed by atoms with van der Waals surface area (Å²) < 4.78 is 13.3. The average molecular weight is 297 g/mol. The molecule has 0 unspecified atom stereocenters. The van der Waals surface area contributed by atoms with E-state index in [4.69, 9.17) is 11.6 Å². The van der Waals surface area contributed by atoms with Crippen LogP contribution in [0.15, 0.2) is 18.2 Å². The van der Waals surface area contributed by atoms with Gasteiger partial charge in [0, 0.05) is 17.6 Å². The Morgan fingerprint density at radius 3 is 2.55 bits per heavy atom. The Morgan fingerprint density at radius 2 is 1.90 bits per heavy atom. The molecule has 1 N–H and O–H groups in total. The average Bonchev–Trinajstić information content (AvgIpc) is 3.21. The van der Waals surface area contributed by atoms with E-state index in [9.17, 15) is 4.39 Å². The SMILES string of the molecule is Fc1cc(Cl)cc(CN2CCC(NCC3CC3)CC2)c1. The van der Waals surface area contributed by atoms with Gasteiger partial charge in [-0.1, -0.05) is 11.6 Å². The van der Waals surface area contributed by atoms with Crippen LogP contribution in [0.3, 0.4) is 0 Å². The molecule has 2 fully saturated rings. The lowest BCUT2D eigenvalue weighted by molar-refractivity contribution is 0.190. The van der Waals surface area contributed by atoms with Crippen molar-refractivity contribution < 1.29 is 4.39 Å². The first-order valence-electron chi connectivity index (χ1n) is 7.60. The summed E-state index contributed by atoms with van der Waals surface area (Å²) in [6, 6.07) is 5.48. The molecule has 2 nitrogen and oxygen atoms in total. The van der Waals surface area contributed by atoms with E-state index in [1.165, 1.54) is 38.3 Å². The fourth-order valence-electron chi connectivity index (χ4n) is 2.91. The number of nitrogens with one attached hydrogen (secondary N) is 1. The van der Waals surface area contributed by atoms with Gasteiger partial charge in [-0.05, 0) is 75.0 Å². The van der Waals surface area contributed by atoms with Gasteiger partial charge in [0.15, 0.2) is 0 Å². The third-order valence-electron chi connectivity index (χ3n) is 4.31. The van der Waals surface area contributed by atoms with E-state index in [2.05, 4.69) is 10.2 Å². The van der Waals surface area contributed by atoms with Gasteiger partial charge in [0.05, 0.1) is 0 Å². The summed E-state index contributed by atoms with van der Waals surface area (Å²) in [6.45, 7) is 4.16. The van der Waals surface area contributed by atoms with Crippen molar-refractivity contribution in [3.63, 3.8) is 0 Å². The third kappa shape index (κ3) is 4.18. The number of likely N-dealkylation sites (tertiary alicyclic amines) is 1. The molecule has 1 aromatic carbocycles. The lowest BCUT2D eigenvalue weighted by atomic mass is 10.0. The Balaban J connectivity index is 1.45.